The van der Waals surface area contributed by atoms with E-state index in [0.29, 0.717) is 4.47 Å². The fraction of sp³-hybridized carbons (Fsp3) is 0.200. The summed E-state index contributed by atoms with van der Waals surface area (Å²) in [6.45, 7) is 1.91. The zero-order chi connectivity index (χ0) is 9.26. The first kappa shape index (κ1) is 8.91. The second-order valence-corrected chi connectivity index (χ2v) is 3.93. The van der Waals surface area contributed by atoms with Gasteiger partial charge in [-0.1, -0.05) is 12.1 Å². The lowest BCUT2D eigenvalue weighted by Gasteiger charge is -2.18. The minimum atomic E-state index is -0.214. The second kappa shape index (κ2) is 3.60. The highest BCUT2D eigenvalue weighted by Crippen LogP contribution is 2.19. The van der Waals surface area contributed by atoms with Crippen molar-refractivity contribution < 1.29 is 4.39 Å². The van der Waals surface area contributed by atoms with E-state index in [2.05, 4.69) is 27.3 Å². The van der Waals surface area contributed by atoms with Crippen LogP contribution < -0.4 is 5.32 Å². The maximum atomic E-state index is 12.9. The molecule has 1 nitrogen and oxygen atoms in total. The molecule has 68 valence electrons. The Morgan fingerprint density at radius 3 is 2.69 bits per heavy atom. The molecule has 1 aliphatic heterocycles. The van der Waals surface area contributed by atoms with Gasteiger partial charge in [0.05, 0.1) is 4.47 Å². The third kappa shape index (κ3) is 1.98. The molecule has 1 saturated heterocycles. The highest BCUT2D eigenvalue weighted by Gasteiger charge is 2.06. The second-order valence-electron chi connectivity index (χ2n) is 3.08. The van der Waals surface area contributed by atoms with Crippen molar-refractivity contribution in [3.05, 3.63) is 39.6 Å². The van der Waals surface area contributed by atoms with Gasteiger partial charge in [-0.15, -0.1) is 0 Å². The summed E-state index contributed by atoms with van der Waals surface area (Å²) in [4.78, 5) is 0. The van der Waals surface area contributed by atoms with Crippen LogP contribution in [0.4, 0.5) is 4.39 Å². The zero-order valence-electron chi connectivity index (χ0n) is 6.98. The first-order valence-corrected chi connectivity index (χ1v) is 4.90. The third-order valence-electron chi connectivity index (χ3n) is 2.02. The van der Waals surface area contributed by atoms with Gasteiger partial charge in [-0.2, -0.15) is 0 Å². The molecule has 1 aromatic carbocycles. The fourth-order valence-electron chi connectivity index (χ4n) is 1.21. The summed E-state index contributed by atoms with van der Waals surface area (Å²) in [5.41, 5.74) is 2.41. The summed E-state index contributed by atoms with van der Waals surface area (Å²) in [7, 11) is 0. The zero-order valence-corrected chi connectivity index (χ0v) is 8.57. The number of hydrogen-bond donors (Lipinski definition) is 1. The molecule has 1 aromatic rings. The third-order valence-corrected chi connectivity index (χ3v) is 2.63. The van der Waals surface area contributed by atoms with Gasteiger partial charge >= 0.3 is 0 Å². The molecule has 0 bridgehead atoms. The molecule has 1 aliphatic rings. The highest BCUT2D eigenvalue weighted by atomic mass is 79.9. The quantitative estimate of drug-likeness (QED) is 0.798. The van der Waals surface area contributed by atoms with Gasteiger partial charge in [-0.25, -0.2) is 4.39 Å². The molecule has 0 spiro atoms. The molecule has 3 heteroatoms. The number of benzene rings is 1. The van der Waals surface area contributed by atoms with Crippen LogP contribution in [0.15, 0.2) is 28.2 Å². The Morgan fingerprint density at radius 1 is 1.38 bits per heavy atom. The van der Waals surface area contributed by atoms with Crippen LogP contribution in [0.3, 0.4) is 0 Å². The Bertz CT molecular complexity index is 354. The lowest BCUT2D eigenvalue weighted by atomic mass is 10.1. The molecule has 0 amide bonds. The summed E-state index contributed by atoms with van der Waals surface area (Å²) in [6, 6.07) is 5.05. The van der Waals surface area contributed by atoms with E-state index >= 15 is 0 Å². The topological polar surface area (TPSA) is 12.0 Å². The van der Waals surface area contributed by atoms with Crippen LogP contribution in [-0.4, -0.2) is 13.1 Å². The van der Waals surface area contributed by atoms with Crippen LogP contribution in [0.1, 0.15) is 5.56 Å². The lowest BCUT2D eigenvalue weighted by molar-refractivity contribution is 0.621. The van der Waals surface area contributed by atoms with Crippen molar-refractivity contribution in [2.75, 3.05) is 13.1 Å². The van der Waals surface area contributed by atoms with Crippen molar-refractivity contribution in [2.45, 2.75) is 0 Å². The Labute approximate surface area is 84.8 Å². The van der Waals surface area contributed by atoms with E-state index in [-0.39, 0.29) is 5.82 Å². The van der Waals surface area contributed by atoms with Crippen LogP contribution in [0, 0.1) is 5.82 Å². The molecule has 1 heterocycles. The summed E-state index contributed by atoms with van der Waals surface area (Å²) in [6.07, 6.45) is 2.08. The smallest absolute Gasteiger partial charge is 0.137 e. The Balaban J connectivity index is 2.26. The average Bonchev–Trinajstić information content (AvgIpc) is 2.04. The van der Waals surface area contributed by atoms with Crippen molar-refractivity contribution >= 4 is 22.0 Å². The minimum absolute atomic E-state index is 0.214. The summed E-state index contributed by atoms with van der Waals surface area (Å²) < 4.78 is 13.4. The lowest BCUT2D eigenvalue weighted by Crippen LogP contribution is -2.33. The van der Waals surface area contributed by atoms with E-state index in [1.54, 1.807) is 12.1 Å². The average molecular weight is 242 g/mol. The normalized spacial score (nSPS) is 15.4. The maximum absolute atomic E-state index is 12.9. The summed E-state index contributed by atoms with van der Waals surface area (Å²) in [5.74, 6) is -0.214. The standard InChI is InChI=1S/C10H9BrFN/c11-9-4-7(1-2-10(9)12)3-8-5-13-6-8/h1-4,13H,5-6H2. The molecular weight excluding hydrogens is 233 g/mol. The van der Waals surface area contributed by atoms with Crippen molar-refractivity contribution in [3.63, 3.8) is 0 Å². The molecule has 0 unspecified atom stereocenters. The van der Waals surface area contributed by atoms with Gasteiger partial charge in [0.2, 0.25) is 0 Å². The van der Waals surface area contributed by atoms with Gasteiger partial charge in [0.25, 0.3) is 0 Å². The molecule has 1 fully saturated rings. The van der Waals surface area contributed by atoms with Crippen LogP contribution in [0.25, 0.3) is 6.08 Å². The predicted molar refractivity (Wildman–Crippen MR) is 54.9 cm³/mol. The Morgan fingerprint density at radius 2 is 2.15 bits per heavy atom. The summed E-state index contributed by atoms with van der Waals surface area (Å²) in [5, 5.41) is 3.15. The van der Waals surface area contributed by atoms with E-state index in [0.717, 1.165) is 18.7 Å². The SMILES string of the molecule is Fc1ccc(C=C2CNC2)cc1Br. The van der Waals surface area contributed by atoms with E-state index < -0.39 is 0 Å². The maximum Gasteiger partial charge on any atom is 0.137 e. The minimum Gasteiger partial charge on any atom is -0.309 e. The van der Waals surface area contributed by atoms with Crippen LogP contribution >= 0.6 is 15.9 Å². The van der Waals surface area contributed by atoms with E-state index in [9.17, 15) is 4.39 Å². The molecular formula is C10H9BrFN. The number of rotatable bonds is 1. The van der Waals surface area contributed by atoms with Crippen LogP contribution in [-0.2, 0) is 0 Å². The first-order chi connectivity index (χ1) is 6.25. The molecule has 0 atom stereocenters. The van der Waals surface area contributed by atoms with Gasteiger partial charge in [-0.3, -0.25) is 0 Å². The van der Waals surface area contributed by atoms with Crippen LogP contribution in [0.2, 0.25) is 0 Å². The number of nitrogens with one attached hydrogen (secondary N) is 1. The van der Waals surface area contributed by atoms with Crippen molar-refractivity contribution in [1.29, 1.82) is 0 Å². The largest absolute Gasteiger partial charge is 0.309 e. The Kier molecular flexibility index (Phi) is 2.47. The summed E-state index contributed by atoms with van der Waals surface area (Å²) >= 11 is 3.16. The van der Waals surface area contributed by atoms with Gasteiger partial charge in [-0.05, 0) is 39.2 Å². The predicted octanol–water partition coefficient (Wildman–Crippen LogP) is 2.57. The van der Waals surface area contributed by atoms with Crippen molar-refractivity contribution in [1.82, 2.24) is 5.32 Å². The number of halogens is 2. The molecule has 0 saturated carbocycles. The molecule has 13 heavy (non-hydrogen) atoms. The van der Waals surface area contributed by atoms with Gasteiger partial charge in [0.1, 0.15) is 5.82 Å². The van der Waals surface area contributed by atoms with Crippen molar-refractivity contribution in [3.8, 4) is 0 Å². The first-order valence-electron chi connectivity index (χ1n) is 4.11. The molecule has 1 N–H and O–H groups in total. The van der Waals surface area contributed by atoms with Crippen molar-refractivity contribution in [2.24, 2.45) is 0 Å². The fourth-order valence-corrected chi connectivity index (χ4v) is 1.61. The highest BCUT2D eigenvalue weighted by molar-refractivity contribution is 9.10. The van der Waals surface area contributed by atoms with Gasteiger partial charge in [0, 0.05) is 13.1 Å². The van der Waals surface area contributed by atoms with E-state index in [1.165, 1.54) is 11.6 Å². The monoisotopic (exact) mass is 241 g/mol. The molecule has 2 rings (SSSR count). The Hall–Kier alpha value is -0.670. The molecule has 0 radical (unpaired) electrons. The number of hydrogen-bond acceptors (Lipinski definition) is 1. The molecule has 0 aromatic heterocycles. The van der Waals surface area contributed by atoms with Gasteiger partial charge < -0.3 is 5.32 Å². The molecule has 0 aliphatic carbocycles. The van der Waals surface area contributed by atoms with E-state index in [4.69, 9.17) is 0 Å². The van der Waals surface area contributed by atoms with Crippen LogP contribution in [0.5, 0.6) is 0 Å². The van der Waals surface area contributed by atoms with Gasteiger partial charge in [0.15, 0.2) is 0 Å². The van der Waals surface area contributed by atoms with E-state index in [1.807, 2.05) is 0 Å².